The molecule has 1 amide bonds. The first-order chi connectivity index (χ1) is 11.8. The van der Waals surface area contributed by atoms with Gasteiger partial charge in [0.25, 0.3) is 0 Å². The Morgan fingerprint density at radius 1 is 1.32 bits per heavy atom. The van der Waals surface area contributed by atoms with Crippen LogP contribution < -0.4 is 4.90 Å². The van der Waals surface area contributed by atoms with Crippen LogP contribution in [0.2, 0.25) is 0 Å². The third kappa shape index (κ3) is 3.45. The van der Waals surface area contributed by atoms with Crippen LogP contribution in [0.4, 0.5) is 5.69 Å². The Morgan fingerprint density at radius 2 is 2.08 bits per heavy atom. The van der Waals surface area contributed by atoms with E-state index >= 15 is 0 Å². The number of sulfonamides is 1. The summed E-state index contributed by atoms with van der Waals surface area (Å²) in [4.78, 5) is 13.8. The van der Waals surface area contributed by atoms with E-state index in [9.17, 15) is 13.2 Å². The summed E-state index contributed by atoms with van der Waals surface area (Å²) in [5.74, 6) is 0.0868. The number of rotatable bonds is 5. The third-order valence-electron chi connectivity index (χ3n) is 4.40. The van der Waals surface area contributed by atoms with Crippen molar-refractivity contribution in [1.82, 2.24) is 14.1 Å². The highest BCUT2D eigenvalue weighted by Crippen LogP contribution is 2.27. The van der Waals surface area contributed by atoms with Crippen LogP contribution in [0.5, 0.6) is 0 Å². The first-order valence-corrected chi connectivity index (χ1v) is 9.58. The summed E-state index contributed by atoms with van der Waals surface area (Å²) in [5, 5.41) is 4.06. The lowest BCUT2D eigenvalue weighted by Gasteiger charge is -2.20. The number of carbonyl (C=O) groups is 1. The topological polar surface area (TPSA) is 75.5 Å². The fraction of sp³-hybridized carbons (Fsp3) is 0.412. The second-order valence-corrected chi connectivity index (χ2v) is 8.40. The smallest absolute Gasteiger partial charge is 0.243 e. The van der Waals surface area contributed by atoms with Crippen molar-refractivity contribution < 1.29 is 13.2 Å². The van der Waals surface area contributed by atoms with E-state index in [2.05, 4.69) is 5.10 Å². The lowest BCUT2D eigenvalue weighted by molar-refractivity contribution is -0.117. The fourth-order valence-corrected chi connectivity index (χ4v) is 4.44. The number of aromatic nitrogens is 2. The predicted octanol–water partition coefficient (Wildman–Crippen LogP) is 1.68. The molecule has 0 bridgehead atoms. The minimum atomic E-state index is -3.62. The molecule has 0 radical (unpaired) electrons. The normalized spacial score (nSPS) is 15.4. The van der Waals surface area contributed by atoms with Gasteiger partial charge in [-0.25, -0.2) is 8.42 Å². The molecule has 0 atom stereocenters. The van der Waals surface area contributed by atoms with Gasteiger partial charge in [0.2, 0.25) is 15.9 Å². The van der Waals surface area contributed by atoms with Crippen LogP contribution in [-0.2, 0) is 28.4 Å². The number of nitrogens with zero attached hydrogens (tertiary/aromatic N) is 4. The number of aryl methyl sites for hydroxylation is 2. The van der Waals surface area contributed by atoms with Crippen molar-refractivity contribution >= 4 is 21.6 Å². The van der Waals surface area contributed by atoms with E-state index in [0.29, 0.717) is 18.5 Å². The Morgan fingerprint density at radius 3 is 2.64 bits per heavy atom. The summed E-state index contributed by atoms with van der Waals surface area (Å²) in [6.45, 7) is 2.70. The van der Waals surface area contributed by atoms with Crippen molar-refractivity contribution in [2.45, 2.75) is 31.2 Å². The zero-order valence-electron chi connectivity index (χ0n) is 14.6. The Kier molecular flexibility index (Phi) is 4.66. The summed E-state index contributed by atoms with van der Waals surface area (Å²) in [7, 11) is -0.272. The molecule has 1 saturated heterocycles. The predicted molar refractivity (Wildman–Crippen MR) is 94.6 cm³/mol. The summed E-state index contributed by atoms with van der Waals surface area (Å²) in [5.41, 5.74) is 2.22. The molecule has 1 aromatic carbocycles. The van der Waals surface area contributed by atoms with Gasteiger partial charge in [-0.3, -0.25) is 9.48 Å². The van der Waals surface area contributed by atoms with Gasteiger partial charge in [-0.2, -0.15) is 9.40 Å². The molecule has 0 unspecified atom stereocenters. The Hall–Kier alpha value is -2.19. The molecule has 0 spiro atoms. The van der Waals surface area contributed by atoms with Gasteiger partial charge in [-0.05, 0) is 37.1 Å². The molecule has 0 N–H and O–H groups in total. The van der Waals surface area contributed by atoms with Crippen molar-refractivity contribution in [3.05, 3.63) is 41.7 Å². The van der Waals surface area contributed by atoms with Crippen molar-refractivity contribution in [3.63, 3.8) is 0 Å². The fourth-order valence-electron chi connectivity index (χ4n) is 3.08. The number of hydrogen-bond acceptors (Lipinski definition) is 4. The summed E-state index contributed by atoms with van der Waals surface area (Å²) in [6, 6.07) is 5.07. The van der Waals surface area contributed by atoms with Gasteiger partial charge in [-0.1, -0.05) is 0 Å². The van der Waals surface area contributed by atoms with Gasteiger partial charge in [-0.15, -0.1) is 0 Å². The van der Waals surface area contributed by atoms with E-state index in [1.54, 1.807) is 61.2 Å². The largest absolute Gasteiger partial charge is 0.312 e. The maximum atomic E-state index is 12.9. The zero-order chi connectivity index (χ0) is 18.2. The number of hydrogen-bond donors (Lipinski definition) is 0. The molecule has 0 saturated carbocycles. The van der Waals surface area contributed by atoms with Gasteiger partial charge < -0.3 is 4.90 Å². The van der Waals surface area contributed by atoms with Crippen LogP contribution in [0, 0.1) is 6.92 Å². The van der Waals surface area contributed by atoms with Crippen molar-refractivity contribution in [3.8, 4) is 0 Å². The monoisotopic (exact) mass is 362 g/mol. The number of amides is 1. The molecular formula is C17H22N4O3S. The molecular weight excluding hydrogens is 340 g/mol. The molecule has 1 aliphatic heterocycles. The average molecular weight is 362 g/mol. The Labute approximate surface area is 147 Å². The molecule has 2 heterocycles. The quantitative estimate of drug-likeness (QED) is 0.811. The molecule has 3 rings (SSSR count). The van der Waals surface area contributed by atoms with E-state index < -0.39 is 10.0 Å². The van der Waals surface area contributed by atoms with Crippen LogP contribution in [0.3, 0.4) is 0 Å². The van der Waals surface area contributed by atoms with Crippen molar-refractivity contribution in [2.75, 3.05) is 18.5 Å². The maximum absolute atomic E-state index is 12.9. The summed E-state index contributed by atoms with van der Waals surface area (Å²) < 4.78 is 28.7. The lowest BCUT2D eigenvalue weighted by atomic mass is 10.2. The highest BCUT2D eigenvalue weighted by Gasteiger charge is 2.26. The van der Waals surface area contributed by atoms with Crippen molar-refractivity contribution in [1.29, 1.82) is 0 Å². The first-order valence-electron chi connectivity index (χ1n) is 8.14. The number of anilines is 1. The molecule has 25 heavy (non-hydrogen) atoms. The average Bonchev–Trinajstić information content (AvgIpc) is 3.15. The molecule has 8 heteroatoms. The minimum Gasteiger partial charge on any atom is -0.312 e. The van der Waals surface area contributed by atoms with Crippen LogP contribution >= 0.6 is 0 Å². The Balaban J connectivity index is 1.85. The van der Waals surface area contributed by atoms with Gasteiger partial charge in [0.05, 0.1) is 11.1 Å². The van der Waals surface area contributed by atoms with E-state index in [-0.39, 0.29) is 17.3 Å². The van der Waals surface area contributed by atoms with E-state index in [1.807, 2.05) is 0 Å². The number of carbonyl (C=O) groups excluding carboxylic acids is 1. The lowest BCUT2D eigenvalue weighted by Crippen LogP contribution is -2.27. The van der Waals surface area contributed by atoms with Gasteiger partial charge in [0.15, 0.2) is 0 Å². The van der Waals surface area contributed by atoms with Crippen LogP contribution in [-0.4, -0.2) is 42.0 Å². The summed E-state index contributed by atoms with van der Waals surface area (Å²) in [6.07, 6.45) is 4.83. The van der Waals surface area contributed by atoms with E-state index in [1.165, 1.54) is 4.31 Å². The van der Waals surface area contributed by atoms with Gasteiger partial charge in [0, 0.05) is 51.1 Å². The minimum absolute atomic E-state index is 0.0868. The SMILES string of the molecule is Cc1cc(N2CCCC2=O)ccc1S(=O)(=O)N(C)Cc1cnn(C)c1. The van der Waals surface area contributed by atoms with E-state index in [0.717, 1.165) is 17.7 Å². The summed E-state index contributed by atoms with van der Waals surface area (Å²) >= 11 is 0. The highest BCUT2D eigenvalue weighted by molar-refractivity contribution is 7.89. The molecule has 0 aliphatic carbocycles. The zero-order valence-corrected chi connectivity index (χ0v) is 15.5. The molecule has 134 valence electrons. The second-order valence-electron chi connectivity index (χ2n) is 6.38. The van der Waals surface area contributed by atoms with Gasteiger partial charge >= 0.3 is 0 Å². The molecule has 1 aromatic heterocycles. The molecule has 1 aliphatic rings. The standard InChI is InChI=1S/C17H22N4O3S/c1-13-9-15(21-8-4-5-17(21)22)6-7-16(13)25(23,24)20(3)12-14-10-18-19(2)11-14/h6-7,9-11H,4-5,8,12H2,1-3H3. The Bertz CT molecular complexity index is 904. The van der Waals surface area contributed by atoms with Crippen LogP contribution in [0.25, 0.3) is 0 Å². The third-order valence-corrected chi connectivity index (χ3v) is 6.36. The second kappa shape index (κ2) is 6.61. The molecule has 2 aromatic rings. The highest BCUT2D eigenvalue weighted by atomic mass is 32.2. The maximum Gasteiger partial charge on any atom is 0.243 e. The number of benzene rings is 1. The molecule has 1 fully saturated rings. The first kappa shape index (κ1) is 17.6. The van der Waals surface area contributed by atoms with Gasteiger partial charge in [0.1, 0.15) is 0 Å². The van der Waals surface area contributed by atoms with Crippen LogP contribution in [0.1, 0.15) is 24.0 Å². The molecule has 7 nitrogen and oxygen atoms in total. The van der Waals surface area contributed by atoms with Crippen LogP contribution in [0.15, 0.2) is 35.5 Å². The van der Waals surface area contributed by atoms with E-state index in [4.69, 9.17) is 0 Å². The van der Waals surface area contributed by atoms with Crippen molar-refractivity contribution in [2.24, 2.45) is 7.05 Å².